The van der Waals surface area contributed by atoms with Crippen LogP contribution in [-0.2, 0) is 11.2 Å². The standard InChI is InChI=1S/C21H23N3O3/c25-21(23-10-6-16-14-24-19-4-2-1-3-18(16)19)15-5-9-22-20(13-15)27-17-7-11-26-12-8-17/h1-5,9,13-14,17,24H,6-8,10-12H2,(H,23,25). The van der Waals surface area contributed by atoms with Crippen LogP contribution in [0, 0.1) is 0 Å². The van der Waals surface area contributed by atoms with Gasteiger partial charge in [0, 0.05) is 54.3 Å². The Hall–Kier alpha value is -2.86. The van der Waals surface area contributed by atoms with Crippen molar-refractivity contribution >= 4 is 16.8 Å². The van der Waals surface area contributed by atoms with E-state index in [1.54, 1.807) is 18.3 Å². The number of nitrogens with one attached hydrogen (secondary N) is 2. The van der Waals surface area contributed by atoms with Gasteiger partial charge in [0.2, 0.25) is 5.88 Å². The first-order valence-corrected chi connectivity index (χ1v) is 9.33. The third-order valence-electron chi connectivity index (χ3n) is 4.81. The molecular weight excluding hydrogens is 342 g/mol. The molecule has 1 aromatic carbocycles. The Labute approximate surface area is 157 Å². The zero-order valence-electron chi connectivity index (χ0n) is 15.1. The van der Waals surface area contributed by atoms with Crippen LogP contribution in [0.15, 0.2) is 48.8 Å². The van der Waals surface area contributed by atoms with E-state index < -0.39 is 0 Å². The van der Waals surface area contributed by atoms with E-state index in [9.17, 15) is 4.79 Å². The highest BCUT2D eigenvalue weighted by Crippen LogP contribution is 2.18. The van der Waals surface area contributed by atoms with E-state index in [2.05, 4.69) is 21.4 Å². The number of fused-ring (bicyclic) bond motifs is 1. The van der Waals surface area contributed by atoms with Crippen molar-refractivity contribution in [2.75, 3.05) is 19.8 Å². The lowest BCUT2D eigenvalue weighted by atomic mass is 10.1. The number of nitrogens with zero attached hydrogens (tertiary/aromatic N) is 1. The fraction of sp³-hybridized carbons (Fsp3) is 0.333. The van der Waals surface area contributed by atoms with Crippen molar-refractivity contribution in [2.24, 2.45) is 0 Å². The van der Waals surface area contributed by atoms with Gasteiger partial charge in [-0.15, -0.1) is 0 Å². The number of aromatic amines is 1. The monoisotopic (exact) mass is 365 g/mol. The molecule has 1 aliphatic rings. The van der Waals surface area contributed by atoms with E-state index in [1.807, 2.05) is 24.4 Å². The molecule has 6 nitrogen and oxygen atoms in total. The minimum atomic E-state index is -0.117. The number of hydrogen-bond acceptors (Lipinski definition) is 4. The van der Waals surface area contributed by atoms with E-state index in [0.29, 0.717) is 31.2 Å². The lowest BCUT2D eigenvalue weighted by molar-refractivity contribution is 0.0237. The van der Waals surface area contributed by atoms with Crippen molar-refractivity contribution in [3.63, 3.8) is 0 Å². The number of para-hydroxylation sites is 1. The van der Waals surface area contributed by atoms with Crippen LogP contribution in [0.25, 0.3) is 10.9 Å². The van der Waals surface area contributed by atoms with Gasteiger partial charge in [0.05, 0.1) is 13.2 Å². The van der Waals surface area contributed by atoms with Crippen LogP contribution < -0.4 is 10.1 Å². The summed E-state index contributed by atoms with van der Waals surface area (Å²) in [6.45, 7) is 1.98. The Balaban J connectivity index is 1.33. The molecular formula is C21H23N3O3. The summed E-state index contributed by atoms with van der Waals surface area (Å²) in [6.07, 6.45) is 6.19. The van der Waals surface area contributed by atoms with Gasteiger partial charge in [-0.3, -0.25) is 4.79 Å². The number of pyridine rings is 1. The zero-order valence-corrected chi connectivity index (χ0v) is 15.1. The molecule has 1 saturated heterocycles. The van der Waals surface area contributed by atoms with Crippen LogP contribution in [0.3, 0.4) is 0 Å². The van der Waals surface area contributed by atoms with Gasteiger partial charge in [0.1, 0.15) is 6.10 Å². The molecule has 140 valence electrons. The number of ether oxygens (including phenoxy) is 2. The van der Waals surface area contributed by atoms with Gasteiger partial charge in [-0.25, -0.2) is 4.98 Å². The maximum Gasteiger partial charge on any atom is 0.251 e. The summed E-state index contributed by atoms with van der Waals surface area (Å²) in [4.78, 5) is 19.9. The number of carbonyl (C=O) groups is 1. The van der Waals surface area contributed by atoms with Crippen molar-refractivity contribution < 1.29 is 14.3 Å². The molecule has 3 heterocycles. The number of H-pyrrole nitrogens is 1. The number of amides is 1. The molecule has 3 aromatic rings. The summed E-state index contributed by atoms with van der Waals surface area (Å²) in [7, 11) is 0. The first kappa shape index (κ1) is 17.5. The summed E-state index contributed by atoms with van der Waals surface area (Å²) in [5.74, 6) is 0.375. The lowest BCUT2D eigenvalue weighted by Crippen LogP contribution is -2.27. The van der Waals surface area contributed by atoms with Gasteiger partial charge in [0.15, 0.2) is 0 Å². The Morgan fingerprint density at radius 2 is 2.11 bits per heavy atom. The maximum absolute atomic E-state index is 12.5. The smallest absolute Gasteiger partial charge is 0.251 e. The van der Waals surface area contributed by atoms with Gasteiger partial charge in [0.25, 0.3) is 5.91 Å². The van der Waals surface area contributed by atoms with Gasteiger partial charge < -0.3 is 19.8 Å². The Morgan fingerprint density at radius 3 is 3.00 bits per heavy atom. The zero-order chi connectivity index (χ0) is 18.5. The van der Waals surface area contributed by atoms with Gasteiger partial charge in [-0.05, 0) is 24.1 Å². The summed E-state index contributed by atoms with van der Waals surface area (Å²) in [5, 5.41) is 4.17. The normalized spacial score (nSPS) is 15.0. The topological polar surface area (TPSA) is 76.2 Å². The highest BCUT2D eigenvalue weighted by Gasteiger charge is 2.16. The number of rotatable bonds is 6. The summed E-state index contributed by atoms with van der Waals surface area (Å²) >= 11 is 0. The maximum atomic E-state index is 12.5. The molecule has 0 radical (unpaired) electrons. The molecule has 0 spiro atoms. The largest absolute Gasteiger partial charge is 0.474 e. The molecule has 27 heavy (non-hydrogen) atoms. The predicted molar refractivity (Wildman–Crippen MR) is 103 cm³/mol. The molecule has 0 unspecified atom stereocenters. The van der Waals surface area contributed by atoms with E-state index >= 15 is 0 Å². The van der Waals surface area contributed by atoms with Crippen LogP contribution in [0.1, 0.15) is 28.8 Å². The first-order chi connectivity index (χ1) is 13.3. The number of carbonyl (C=O) groups excluding carboxylic acids is 1. The fourth-order valence-electron chi connectivity index (χ4n) is 3.33. The molecule has 2 N–H and O–H groups in total. The number of aromatic nitrogens is 2. The second-order valence-corrected chi connectivity index (χ2v) is 6.68. The van der Waals surface area contributed by atoms with E-state index in [0.717, 1.165) is 24.8 Å². The average molecular weight is 365 g/mol. The summed E-state index contributed by atoms with van der Waals surface area (Å²) in [6, 6.07) is 11.6. The van der Waals surface area contributed by atoms with Crippen LogP contribution in [0.5, 0.6) is 5.88 Å². The van der Waals surface area contributed by atoms with E-state index in [4.69, 9.17) is 9.47 Å². The highest BCUT2D eigenvalue weighted by atomic mass is 16.5. The van der Waals surface area contributed by atoms with Crippen LogP contribution >= 0.6 is 0 Å². The van der Waals surface area contributed by atoms with Crippen molar-refractivity contribution in [3.05, 3.63) is 59.9 Å². The minimum absolute atomic E-state index is 0.103. The van der Waals surface area contributed by atoms with Crippen LogP contribution in [0.4, 0.5) is 0 Å². The molecule has 6 heteroatoms. The summed E-state index contributed by atoms with van der Waals surface area (Å²) in [5.41, 5.74) is 2.87. The van der Waals surface area contributed by atoms with Crippen molar-refractivity contribution in [1.29, 1.82) is 0 Å². The average Bonchev–Trinajstić information content (AvgIpc) is 3.12. The third kappa shape index (κ3) is 4.28. The van der Waals surface area contributed by atoms with Crippen LogP contribution in [0.2, 0.25) is 0 Å². The molecule has 0 atom stereocenters. The highest BCUT2D eigenvalue weighted by molar-refractivity contribution is 5.94. The van der Waals surface area contributed by atoms with E-state index in [1.165, 1.54) is 10.9 Å². The van der Waals surface area contributed by atoms with Gasteiger partial charge in [-0.1, -0.05) is 18.2 Å². The van der Waals surface area contributed by atoms with Crippen molar-refractivity contribution in [2.45, 2.75) is 25.4 Å². The first-order valence-electron chi connectivity index (χ1n) is 9.33. The molecule has 4 rings (SSSR count). The van der Waals surface area contributed by atoms with Crippen molar-refractivity contribution in [3.8, 4) is 5.88 Å². The second-order valence-electron chi connectivity index (χ2n) is 6.68. The molecule has 0 bridgehead atoms. The number of benzene rings is 1. The Morgan fingerprint density at radius 1 is 1.26 bits per heavy atom. The quantitative estimate of drug-likeness (QED) is 0.704. The van der Waals surface area contributed by atoms with Crippen LogP contribution in [-0.4, -0.2) is 41.7 Å². The third-order valence-corrected chi connectivity index (χ3v) is 4.81. The number of hydrogen-bond donors (Lipinski definition) is 2. The van der Waals surface area contributed by atoms with Gasteiger partial charge >= 0.3 is 0 Å². The van der Waals surface area contributed by atoms with Crippen molar-refractivity contribution in [1.82, 2.24) is 15.3 Å². The molecule has 0 aliphatic carbocycles. The lowest BCUT2D eigenvalue weighted by Gasteiger charge is -2.22. The Kier molecular flexibility index (Phi) is 5.34. The molecule has 2 aromatic heterocycles. The second kappa shape index (κ2) is 8.22. The van der Waals surface area contributed by atoms with Gasteiger partial charge in [-0.2, -0.15) is 0 Å². The Bertz CT molecular complexity index is 916. The minimum Gasteiger partial charge on any atom is -0.474 e. The molecule has 1 fully saturated rings. The molecule has 1 amide bonds. The fourth-order valence-corrected chi connectivity index (χ4v) is 3.33. The molecule has 0 saturated carbocycles. The predicted octanol–water partition coefficient (Wildman–Crippen LogP) is 3.09. The summed E-state index contributed by atoms with van der Waals surface area (Å²) < 4.78 is 11.2. The van der Waals surface area contributed by atoms with E-state index in [-0.39, 0.29) is 12.0 Å². The molecule has 1 aliphatic heterocycles. The SMILES string of the molecule is O=C(NCCc1c[nH]c2ccccc12)c1ccnc(OC2CCOCC2)c1.